The van der Waals surface area contributed by atoms with E-state index in [1.165, 1.54) is 12.1 Å². The lowest BCUT2D eigenvalue weighted by Gasteiger charge is -2.13. The summed E-state index contributed by atoms with van der Waals surface area (Å²) >= 11 is 0. The van der Waals surface area contributed by atoms with Gasteiger partial charge in [0.1, 0.15) is 5.82 Å². The number of nitrogens with zero attached hydrogens (tertiary/aromatic N) is 4. The molecule has 0 saturated carbocycles. The maximum atomic E-state index is 10.8. The van der Waals surface area contributed by atoms with Crippen LogP contribution in [0.1, 0.15) is 24.2 Å². The number of nitro benzene ring substituents is 1. The van der Waals surface area contributed by atoms with Crippen molar-refractivity contribution in [1.29, 1.82) is 0 Å². The number of nitrogens with one attached hydrogen (secondary N) is 2. The zero-order valence-electron chi connectivity index (χ0n) is 19.0. The maximum absolute atomic E-state index is 10.8. The van der Waals surface area contributed by atoms with Crippen LogP contribution in [0.4, 0.5) is 5.69 Å². The van der Waals surface area contributed by atoms with E-state index in [4.69, 9.17) is 4.74 Å². The fourth-order valence-electron chi connectivity index (χ4n) is 3.41. The SMILES string of the molecule is COCCCNC(=NCc1ccc([N+](=O)[O-])cc1)NCCCn1c(C)nc2ccccc21.I. The highest BCUT2D eigenvalue weighted by molar-refractivity contribution is 14.0. The lowest BCUT2D eigenvalue weighted by Crippen LogP contribution is -2.39. The molecule has 3 rings (SSSR count). The molecular formula is C23H31IN6O3. The molecule has 33 heavy (non-hydrogen) atoms. The predicted octanol–water partition coefficient (Wildman–Crippen LogP) is 4.03. The smallest absolute Gasteiger partial charge is 0.269 e. The fraction of sp³-hybridized carbons (Fsp3) is 0.391. The summed E-state index contributed by atoms with van der Waals surface area (Å²) in [7, 11) is 1.68. The molecule has 1 heterocycles. The summed E-state index contributed by atoms with van der Waals surface area (Å²) < 4.78 is 7.34. The van der Waals surface area contributed by atoms with Gasteiger partial charge >= 0.3 is 0 Å². The Balaban J connectivity index is 0.00000385. The third-order valence-corrected chi connectivity index (χ3v) is 5.08. The van der Waals surface area contributed by atoms with E-state index >= 15 is 0 Å². The minimum absolute atomic E-state index is 0. The Morgan fingerprint density at radius 2 is 1.82 bits per heavy atom. The Kier molecular flexibility index (Phi) is 11.0. The number of aliphatic imine (C=N–C) groups is 1. The molecule has 0 aliphatic heterocycles. The van der Waals surface area contributed by atoms with E-state index in [2.05, 4.69) is 31.2 Å². The second-order valence-corrected chi connectivity index (χ2v) is 7.44. The van der Waals surface area contributed by atoms with Crippen LogP contribution in [0.25, 0.3) is 11.0 Å². The molecule has 0 bridgehead atoms. The van der Waals surface area contributed by atoms with Crippen LogP contribution in [0.3, 0.4) is 0 Å². The number of rotatable bonds is 11. The number of hydrogen-bond donors (Lipinski definition) is 2. The molecule has 0 radical (unpaired) electrons. The summed E-state index contributed by atoms with van der Waals surface area (Å²) in [6.45, 7) is 5.49. The zero-order chi connectivity index (χ0) is 22.8. The fourth-order valence-corrected chi connectivity index (χ4v) is 3.41. The number of aromatic nitrogens is 2. The molecule has 9 nitrogen and oxygen atoms in total. The van der Waals surface area contributed by atoms with Crippen LogP contribution in [0.2, 0.25) is 0 Å². The number of benzene rings is 2. The Morgan fingerprint density at radius 1 is 1.12 bits per heavy atom. The molecule has 0 aliphatic rings. The molecule has 0 saturated heterocycles. The maximum Gasteiger partial charge on any atom is 0.269 e. The van der Waals surface area contributed by atoms with Gasteiger partial charge in [0, 0.05) is 45.5 Å². The molecule has 3 aromatic rings. The van der Waals surface area contributed by atoms with Crippen molar-refractivity contribution < 1.29 is 9.66 Å². The predicted molar refractivity (Wildman–Crippen MR) is 141 cm³/mol. The Hall–Kier alpha value is -2.73. The zero-order valence-corrected chi connectivity index (χ0v) is 21.3. The van der Waals surface area contributed by atoms with Gasteiger partial charge in [0.2, 0.25) is 0 Å². The van der Waals surface area contributed by atoms with E-state index in [0.29, 0.717) is 19.1 Å². The minimum Gasteiger partial charge on any atom is -0.385 e. The average molecular weight is 566 g/mol. The molecule has 0 unspecified atom stereocenters. The van der Waals surface area contributed by atoms with Crippen molar-refractivity contribution in [1.82, 2.24) is 20.2 Å². The number of halogens is 1. The number of fused-ring (bicyclic) bond motifs is 1. The molecule has 1 aromatic heterocycles. The average Bonchev–Trinajstić information content (AvgIpc) is 3.12. The topological polar surface area (TPSA) is 107 Å². The van der Waals surface area contributed by atoms with Crippen molar-refractivity contribution >= 4 is 46.7 Å². The van der Waals surface area contributed by atoms with E-state index in [-0.39, 0.29) is 29.7 Å². The summed E-state index contributed by atoms with van der Waals surface area (Å²) in [5, 5.41) is 17.5. The van der Waals surface area contributed by atoms with Crippen LogP contribution < -0.4 is 10.6 Å². The number of guanidine groups is 1. The summed E-state index contributed by atoms with van der Waals surface area (Å²) in [6.07, 6.45) is 1.78. The lowest BCUT2D eigenvalue weighted by atomic mass is 10.2. The molecule has 0 aliphatic carbocycles. The third-order valence-electron chi connectivity index (χ3n) is 5.08. The van der Waals surface area contributed by atoms with Crippen LogP contribution in [-0.2, 0) is 17.8 Å². The number of methoxy groups -OCH3 is 1. The van der Waals surface area contributed by atoms with Crippen LogP contribution in [0, 0.1) is 17.0 Å². The summed E-state index contributed by atoms with van der Waals surface area (Å²) in [6, 6.07) is 14.6. The van der Waals surface area contributed by atoms with Gasteiger partial charge in [0.05, 0.1) is 22.5 Å². The first-order chi connectivity index (χ1) is 15.6. The van der Waals surface area contributed by atoms with Gasteiger partial charge in [0.25, 0.3) is 5.69 Å². The van der Waals surface area contributed by atoms with Crippen molar-refractivity contribution in [3.05, 3.63) is 70.0 Å². The third kappa shape index (κ3) is 7.97. The van der Waals surface area contributed by atoms with Crippen molar-refractivity contribution in [2.24, 2.45) is 4.99 Å². The monoisotopic (exact) mass is 566 g/mol. The quantitative estimate of drug-likeness (QED) is 0.0907. The molecule has 10 heteroatoms. The first-order valence-corrected chi connectivity index (χ1v) is 10.7. The van der Waals surface area contributed by atoms with Crippen LogP contribution in [0.15, 0.2) is 53.5 Å². The summed E-state index contributed by atoms with van der Waals surface area (Å²) in [5.41, 5.74) is 3.16. The molecule has 178 valence electrons. The normalized spacial score (nSPS) is 11.3. The number of aryl methyl sites for hydroxylation is 2. The standard InChI is InChI=1S/C23H30N6O3.HI/c1-18-27-21-7-3-4-8-22(21)28(18)15-5-13-24-23(25-14-6-16-32-2)26-17-19-9-11-20(12-10-19)29(30)31;/h3-4,7-12H,5-6,13-17H2,1-2H3,(H2,24,25,26);1H. The molecule has 0 atom stereocenters. The highest BCUT2D eigenvalue weighted by Gasteiger charge is 2.07. The van der Waals surface area contributed by atoms with Gasteiger partial charge in [-0.15, -0.1) is 24.0 Å². The van der Waals surface area contributed by atoms with Gasteiger partial charge < -0.3 is 19.9 Å². The summed E-state index contributed by atoms with van der Waals surface area (Å²) in [4.78, 5) is 19.7. The van der Waals surface area contributed by atoms with Crippen LogP contribution >= 0.6 is 24.0 Å². The second-order valence-electron chi connectivity index (χ2n) is 7.44. The van der Waals surface area contributed by atoms with Crippen molar-refractivity contribution in [3.8, 4) is 0 Å². The summed E-state index contributed by atoms with van der Waals surface area (Å²) in [5.74, 6) is 1.72. The molecule has 0 spiro atoms. The van der Waals surface area contributed by atoms with Crippen molar-refractivity contribution in [2.45, 2.75) is 32.9 Å². The molecule has 2 N–H and O–H groups in total. The molecule has 2 aromatic carbocycles. The number of non-ortho nitro benzene ring substituents is 1. The van der Waals surface area contributed by atoms with Gasteiger partial charge in [-0.05, 0) is 37.5 Å². The van der Waals surface area contributed by atoms with Gasteiger partial charge in [-0.2, -0.15) is 0 Å². The highest BCUT2D eigenvalue weighted by atomic mass is 127. The second kappa shape index (κ2) is 13.7. The number of para-hydroxylation sites is 2. The highest BCUT2D eigenvalue weighted by Crippen LogP contribution is 2.15. The van der Waals surface area contributed by atoms with Crippen LogP contribution in [-0.4, -0.2) is 47.2 Å². The first-order valence-electron chi connectivity index (χ1n) is 10.7. The van der Waals surface area contributed by atoms with Crippen LogP contribution in [0.5, 0.6) is 0 Å². The van der Waals surface area contributed by atoms with E-state index < -0.39 is 4.92 Å². The number of imidazole rings is 1. The van der Waals surface area contributed by atoms with E-state index in [0.717, 1.165) is 54.9 Å². The van der Waals surface area contributed by atoms with E-state index in [1.807, 2.05) is 25.1 Å². The number of ether oxygens (including phenoxy) is 1. The van der Waals surface area contributed by atoms with Crippen molar-refractivity contribution in [3.63, 3.8) is 0 Å². The Bertz CT molecular complexity index is 1050. The van der Waals surface area contributed by atoms with Gasteiger partial charge in [0.15, 0.2) is 5.96 Å². The van der Waals surface area contributed by atoms with Crippen molar-refractivity contribution in [2.75, 3.05) is 26.8 Å². The molecule has 0 amide bonds. The largest absolute Gasteiger partial charge is 0.385 e. The lowest BCUT2D eigenvalue weighted by molar-refractivity contribution is -0.384. The van der Waals surface area contributed by atoms with E-state index in [9.17, 15) is 10.1 Å². The van der Waals surface area contributed by atoms with Gasteiger partial charge in [-0.3, -0.25) is 10.1 Å². The number of nitro groups is 1. The van der Waals surface area contributed by atoms with Gasteiger partial charge in [-0.25, -0.2) is 9.98 Å². The molecule has 0 fully saturated rings. The Morgan fingerprint density at radius 3 is 2.52 bits per heavy atom. The minimum atomic E-state index is -0.400. The Labute approximate surface area is 210 Å². The number of hydrogen-bond acceptors (Lipinski definition) is 5. The van der Waals surface area contributed by atoms with E-state index in [1.54, 1.807) is 19.2 Å². The van der Waals surface area contributed by atoms with Gasteiger partial charge in [-0.1, -0.05) is 24.3 Å². The molecular weight excluding hydrogens is 535 g/mol. The first kappa shape index (κ1) is 26.5.